The molecule has 33 heavy (non-hydrogen) atoms. The highest BCUT2D eigenvalue weighted by Crippen LogP contribution is 2.35. The number of nitrogens with one attached hydrogen (secondary N) is 1. The van der Waals surface area contributed by atoms with E-state index in [1.54, 1.807) is 6.07 Å². The van der Waals surface area contributed by atoms with Crippen molar-refractivity contribution in [2.45, 2.75) is 64.0 Å². The first kappa shape index (κ1) is 21.9. The Balaban J connectivity index is 1.40. The molecular formula is C23H25F3N4O3. The number of aryl methyl sites for hydroxylation is 1. The first-order valence-corrected chi connectivity index (χ1v) is 11.2. The average Bonchev–Trinajstić information content (AvgIpc) is 3.49. The highest BCUT2D eigenvalue weighted by atomic mass is 19.4. The lowest BCUT2D eigenvalue weighted by molar-refractivity contribution is -0.141. The van der Waals surface area contributed by atoms with Crippen LogP contribution in [0.25, 0.3) is 0 Å². The van der Waals surface area contributed by atoms with Crippen molar-refractivity contribution < 1.29 is 27.5 Å². The number of amides is 2. The van der Waals surface area contributed by atoms with Crippen molar-refractivity contribution in [2.75, 3.05) is 13.2 Å². The molecule has 0 spiro atoms. The van der Waals surface area contributed by atoms with Crippen LogP contribution in [0, 0.1) is 0 Å². The number of pyridine rings is 1. The first-order valence-electron chi connectivity index (χ1n) is 11.2. The lowest BCUT2D eigenvalue weighted by Crippen LogP contribution is -2.35. The van der Waals surface area contributed by atoms with Gasteiger partial charge in [0.25, 0.3) is 11.8 Å². The van der Waals surface area contributed by atoms with Crippen LogP contribution >= 0.6 is 0 Å². The first-order chi connectivity index (χ1) is 15.7. The van der Waals surface area contributed by atoms with Crippen LogP contribution in [0.1, 0.15) is 75.7 Å². The van der Waals surface area contributed by atoms with Crippen LogP contribution in [0.3, 0.4) is 0 Å². The molecule has 10 heteroatoms. The molecule has 1 aliphatic carbocycles. The summed E-state index contributed by atoms with van der Waals surface area (Å²) in [5, 5.41) is 2.94. The van der Waals surface area contributed by atoms with Gasteiger partial charge in [-0.25, -0.2) is 4.98 Å². The zero-order chi connectivity index (χ0) is 23.3. The van der Waals surface area contributed by atoms with Gasteiger partial charge < -0.3 is 19.5 Å². The highest BCUT2D eigenvalue weighted by molar-refractivity contribution is 6.01. The summed E-state index contributed by atoms with van der Waals surface area (Å²) in [7, 11) is 0. The van der Waals surface area contributed by atoms with Gasteiger partial charge in [0, 0.05) is 24.8 Å². The van der Waals surface area contributed by atoms with Crippen molar-refractivity contribution in [1.82, 2.24) is 19.8 Å². The number of hydrogen-bond donors (Lipinski definition) is 1. The summed E-state index contributed by atoms with van der Waals surface area (Å²) < 4.78 is 46.3. The maximum Gasteiger partial charge on any atom is 0.433 e. The molecule has 0 saturated carbocycles. The normalized spacial score (nSPS) is 22.2. The topological polar surface area (TPSA) is 76.5 Å². The molecule has 2 atom stereocenters. The van der Waals surface area contributed by atoms with Gasteiger partial charge in [-0.1, -0.05) is 6.07 Å². The van der Waals surface area contributed by atoms with Crippen LogP contribution in [0.2, 0.25) is 0 Å². The summed E-state index contributed by atoms with van der Waals surface area (Å²) in [4.78, 5) is 32.0. The van der Waals surface area contributed by atoms with Crippen molar-refractivity contribution >= 4 is 11.8 Å². The fourth-order valence-corrected chi connectivity index (χ4v) is 5.09. The summed E-state index contributed by atoms with van der Waals surface area (Å²) in [5.41, 5.74) is 1.54. The standard InChI is InChI=1S/C23H25F3N4O3/c1-13-3-2-8-29(13)22(32)18-11-15(19-12-33-10-9-30(18)19)21(31)28-17-6-5-16-14(17)4-7-20(27-16)23(24,25)26/h4,7,11,13,17H,2-3,5-6,8-10,12H2,1H3,(H,28,31)/t13-,17-/m0/s1. The third kappa shape index (κ3) is 3.90. The quantitative estimate of drug-likeness (QED) is 0.758. The number of rotatable bonds is 3. The molecule has 5 rings (SSSR count). The van der Waals surface area contributed by atoms with E-state index in [2.05, 4.69) is 10.3 Å². The number of aromatic nitrogens is 2. The Morgan fingerprint density at radius 3 is 2.76 bits per heavy atom. The molecular weight excluding hydrogens is 437 g/mol. The predicted molar refractivity (Wildman–Crippen MR) is 112 cm³/mol. The number of fused-ring (bicyclic) bond motifs is 2. The minimum absolute atomic E-state index is 0.0858. The third-order valence-electron chi connectivity index (χ3n) is 6.83. The summed E-state index contributed by atoms with van der Waals surface area (Å²) in [6.07, 6.45) is -1.75. The minimum atomic E-state index is -4.50. The number of carbonyl (C=O) groups is 2. The molecule has 0 unspecified atom stereocenters. The van der Waals surface area contributed by atoms with Gasteiger partial charge in [-0.2, -0.15) is 13.2 Å². The molecule has 2 amide bonds. The number of carbonyl (C=O) groups excluding carboxylic acids is 2. The van der Waals surface area contributed by atoms with E-state index < -0.39 is 17.9 Å². The van der Waals surface area contributed by atoms with E-state index in [1.165, 1.54) is 6.07 Å². The zero-order valence-electron chi connectivity index (χ0n) is 18.2. The van der Waals surface area contributed by atoms with E-state index >= 15 is 0 Å². The fraction of sp³-hybridized carbons (Fsp3) is 0.522. The zero-order valence-corrected chi connectivity index (χ0v) is 18.2. The summed E-state index contributed by atoms with van der Waals surface area (Å²) in [6, 6.07) is 3.70. The van der Waals surface area contributed by atoms with Gasteiger partial charge in [0.2, 0.25) is 0 Å². The molecule has 4 heterocycles. The second-order valence-corrected chi connectivity index (χ2v) is 8.88. The molecule has 1 saturated heterocycles. The maximum absolute atomic E-state index is 13.2. The van der Waals surface area contributed by atoms with Crippen LogP contribution in [0.5, 0.6) is 0 Å². The van der Waals surface area contributed by atoms with Crippen LogP contribution in [0.15, 0.2) is 18.2 Å². The van der Waals surface area contributed by atoms with Crippen LogP contribution in [-0.2, 0) is 30.5 Å². The molecule has 2 aromatic rings. The van der Waals surface area contributed by atoms with Crippen LogP contribution in [-0.4, -0.2) is 45.5 Å². The van der Waals surface area contributed by atoms with Crippen molar-refractivity contribution in [2.24, 2.45) is 0 Å². The molecule has 176 valence electrons. The Labute approximate surface area is 188 Å². The van der Waals surface area contributed by atoms with E-state index in [9.17, 15) is 22.8 Å². The van der Waals surface area contributed by atoms with E-state index in [-0.39, 0.29) is 24.5 Å². The second kappa shape index (κ2) is 8.16. The molecule has 0 aromatic carbocycles. The lowest BCUT2D eigenvalue weighted by atomic mass is 10.1. The van der Waals surface area contributed by atoms with E-state index in [0.717, 1.165) is 18.9 Å². The molecule has 2 aromatic heterocycles. The summed E-state index contributed by atoms with van der Waals surface area (Å²) in [6.45, 7) is 3.90. The van der Waals surface area contributed by atoms with Crippen LogP contribution in [0.4, 0.5) is 13.2 Å². The molecule has 0 radical (unpaired) electrons. The Kier molecular flexibility index (Phi) is 5.43. The lowest BCUT2D eigenvalue weighted by Gasteiger charge is -2.24. The van der Waals surface area contributed by atoms with Crippen LogP contribution < -0.4 is 5.32 Å². The number of ether oxygens (including phenoxy) is 1. The van der Waals surface area contributed by atoms with E-state index in [1.807, 2.05) is 16.4 Å². The number of likely N-dealkylation sites (tertiary alicyclic amines) is 1. The number of hydrogen-bond acceptors (Lipinski definition) is 4. The Morgan fingerprint density at radius 1 is 1.21 bits per heavy atom. The molecule has 1 fully saturated rings. The third-order valence-corrected chi connectivity index (χ3v) is 6.83. The van der Waals surface area contributed by atoms with Gasteiger partial charge >= 0.3 is 6.18 Å². The van der Waals surface area contributed by atoms with E-state index in [0.29, 0.717) is 60.7 Å². The Hall–Kier alpha value is -2.88. The number of halogens is 3. The maximum atomic E-state index is 13.2. The van der Waals surface area contributed by atoms with Crippen molar-refractivity contribution in [3.63, 3.8) is 0 Å². The van der Waals surface area contributed by atoms with Gasteiger partial charge in [-0.15, -0.1) is 0 Å². The smallest absolute Gasteiger partial charge is 0.373 e. The Bertz CT molecular complexity index is 1110. The van der Waals surface area contributed by atoms with Gasteiger partial charge in [-0.05, 0) is 50.3 Å². The van der Waals surface area contributed by atoms with Gasteiger partial charge in [0.05, 0.1) is 30.5 Å². The highest BCUT2D eigenvalue weighted by Gasteiger charge is 2.36. The largest absolute Gasteiger partial charge is 0.433 e. The van der Waals surface area contributed by atoms with Gasteiger partial charge in [-0.3, -0.25) is 9.59 Å². The number of alkyl halides is 3. The van der Waals surface area contributed by atoms with Gasteiger partial charge in [0.15, 0.2) is 0 Å². The van der Waals surface area contributed by atoms with Crippen molar-refractivity contribution in [3.05, 3.63) is 52.1 Å². The van der Waals surface area contributed by atoms with Gasteiger partial charge in [0.1, 0.15) is 11.4 Å². The summed E-state index contributed by atoms with van der Waals surface area (Å²) in [5.74, 6) is -0.451. The second-order valence-electron chi connectivity index (χ2n) is 8.88. The summed E-state index contributed by atoms with van der Waals surface area (Å²) >= 11 is 0. The predicted octanol–water partition coefficient (Wildman–Crippen LogP) is 3.47. The van der Waals surface area contributed by atoms with Crippen molar-refractivity contribution in [3.8, 4) is 0 Å². The number of nitrogens with zero attached hydrogens (tertiary/aromatic N) is 3. The van der Waals surface area contributed by atoms with Crippen molar-refractivity contribution in [1.29, 1.82) is 0 Å². The average molecular weight is 462 g/mol. The fourth-order valence-electron chi connectivity index (χ4n) is 5.09. The van der Waals surface area contributed by atoms with E-state index in [4.69, 9.17) is 4.74 Å². The Morgan fingerprint density at radius 2 is 2.03 bits per heavy atom. The monoisotopic (exact) mass is 462 g/mol. The molecule has 7 nitrogen and oxygen atoms in total. The SMILES string of the molecule is C[C@H]1CCCN1C(=O)c1cc(C(=O)N[C@H]2CCc3nc(C(F)(F)F)ccc32)c2n1CCOC2. The molecule has 3 aliphatic rings. The molecule has 2 aliphatic heterocycles. The minimum Gasteiger partial charge on any atom is -0.373 e. The molecule has 1 N–H and O–H groups in total. The molecule has 0 bridgehead atoms.